The molecule has 0 saturated carbocycles. The summed E-state index contributed by atoms with van der Waals surface area (Å²) in [5, 5.41) is 3.72. The van der Waals surface area contributed by atoms with Crippen LogP contribution in [0.5, 0.6) is 0 Å². The van der Waals surface area contributed by atoms with Crippen molar-refractivity contribution in [3.05, 3.63) is 16.0 Å². The zero-order valence-electron chi connectivity index (χ0n) is 16.0. The molecule has 1 aliphatic heterocycles. The number of hydrogen-bond donors (Lipinski definition) is 2. The van der Waals surface area contributed by atoms with Gasteiger partial charge in [0.1, 0.15) is 5.00 Å². The normalized spacial score (nSPS) is 20.5. The number of rotatable bonds is 6. The molecule has 1 fully saturated rings. The number of carbonyl (C=O) groups excluding carboxylic acids is 2. The number of carbonyl (C=O) groups is 2. The fourth-order valence-corrected chi connectivity index (χ4v) is 5.45. The number of anilines is 1. The summed E-state index contributed by atoms with van der Waals surface area (Å²) in [5.41, 5.74) is 1.71. The van der Waals surface area contributed by atoms with Gasteiger partial charge in [-0.1, -0.05) is 6.92 Å². The molecule has 2 N–H and O–H groups in total. The van der Waals surface area contributed by atoms with Crippen molar-refractivity contribution in [3.8, 4) is 0 Å². The van der Waals surface area contributed by atoms with Crippen LogP contribution in [0.15, 0.2) is 0 Å². The van der Waals surface area contributed by atoms with Crippen LogP contribution in [0, 0.1) is 5.92 Å². The number of thiophene rings is 1. The predicted molar refractivity (Wildman–Crippen MR) is 104 cm³/mol. The molecular formula is C20H31N2O3S+. The van der Waals surface area contributed by atoms with Crippen LogP contribution in [0.1, 0.15) is 66.8 Å². The molecular weight excluding hydrogens is 348 g/mol. The largest absolute Gasteiger partial charge is 0.462 e. The molecule has 6 heteroatoms. The van der Waals surface area contributed by atoms with E-state index >= 15 is 0 Å². The van der Waals surface area contributed by atoms with Crippen molar-refractivity contribution in [1.82, 2.24) is 0 Å². The first-order chi connectivity index (χ1) is 12.6. The maximum absolute atomic E-state index is 12.5. The molecule has 1 atom stereocenters. The SMILES string of the molecule is CCOC(=O)c1c(NC(=O)CC[NH+]2CCCCC2)sc2c1CC[C@@H](C)C2. The van der Waals surface area contributed by atoms with Crippen LogP contribution < -0.4 is 10.2 Å². The van der Waals surface area contributed by atoms with Crippen molar-refractivity contribution in [2.75, 3.05) is 31.6 Å². The fourth-order valence-electron chi connectivity index (χ4n) is 4.04. The van der Waals surface area contributed by atoms with Gasteiger partial charge in [0.25, 0.3) is 0 Å². The highest BCUT2D eigenvalue weighted by atomic mass is 32.1. The van der Waals surface area contributed by atoms with Crippen molar-refractivity contribution in [2.45, 2.75) is 58.8 Å². The van der Waals surface area contributed by atoms with E-state index < -0.39 is 0 Å². The van der Waals surface area contributed by atoms with E-state index in [2.05, 4.69) is 12.2 Å². The number of quaternary nitrogens is 1. The third-order valence-electron chi connectivity index (χ3n) is 5.51. The van der Waals surface area contributed by atoms with Gasteiger partial charge >= 0.3 is 5.97 Å². The Morgan fingerprint density at radius 1 is 1.27 bits per heavy atom. The van der Waals surface area contributed by atoms with Gasteiger partial charge in [-0.3, -0.25) is 4.79 Å². The van der Waals surface area contributed by atoms with Gasteiger partial charge in [-0.15, -0.1) is 11.3 Å². The van der Waals surface area contributed by atoms with Crippen molar-refractivity contribution in [3.63, 3.8) is 0 Å². The molecule has 0 radical (unpaired) electrons. The highest BCUT2D eigenvalue weighted by Gasteiger charge is 2.29. The van der Waals surface area contributed by atoms with Gasteiger partial charge in [-0.2, -0.15) is 0 Å². The Morgan fingerprint density at radius 2 is 2.04 bits per heavy atom. The minimum Gasteiger partial charge on any atom is -0.462 e. The van der Waals surface area contributed by atoms with Crippen LogP contribution in [0.4, 0.5) is 5.00 Å². The molecule has 0 bridgehead atoms. The number of piperidine rings is 1. The Labute approximate surface area is 160 Å². The average Bonchev–Trinajstić information content (AvgIpc) is 2.98. The highest BCUT2D eigenvalue weighted by Crippen LogP contribution is 2.40. The van der Waals surface area contributed by atoms with E-state index in [1.807, 2.05) is 6.92 Å². The molecule has 1 aromatic heterocycles. The molecule has 3 rings (SSSR count). The van der Waals surface area contributed by atoms with Gasteiger partial charge in [0, 0.05) is 4.88 Å². The van der Waals surface area contributed by atoms with Crippen molar-refractivity contribution >= 4 is 28.2 Å². The van der Waals surface area contributed by atoms with E-state index in [0.717, 1.165) is 31.4 Å². The summed E-state index contributed by atoms with van der Waals surface area (Å²) in [7, 11) is 0. The Hall–Kier alpha value is -1.40. The third kappa shape index (κ3) is 4.65. The second kappa shape index (κ2) is 9.00. The summed E-state index contributed by atoms with van der Waals surface area (Å²) in [6, 6.07) is 0. The van der Waals surface area contributed by atoms with Gasteiger partial charge in [-0.25, -0.2) is 4.79 Å². The molecule has 1 saturated heterocycles. The zero-order valence-corrected chi connectivity index (χ0v) is 16.8. The second-order valence-electron chi connectivity index (χ2n) is 7.64. The molecule has 2 aliphatic rings. The number of nitrogens with one attached hydrogen (secondary N) is 2. The molecule has 5 nitrogen and oxygen atoms in total. The standard InChI is InChI=1S/C20H30N2O3S/c1-3-25-20(24)18-15-8-7-14(2)13-16(15)26-19(18)21-17(23)9-12-22-10-5-4-6-11-22/h14H,3-13H2,1-2H3,(H,21,23)/p+1/t14-/m1/s1. The van der Waals surface area contributed by atoms with Gasteiger partial charge in [0.15, 0.2) is 0 Å². The third-order valence-corrected chi connectivity index (χ3v) is 6.68. The van der Waals surface area contributed by atoms with Crippen LogP contribution in [0.2, 0.25) is 0 Å². The summed E-state index contributed by atoms with van der Waals surface area (Å²) in [6.07, 6.45) is 7.32. The van der Waals surface area contributed by atoms with Gasteiger partial charge in [0.05, 0.1) is 38.2 Å². The minimum absolute atomic E-state index is 0.0141. The number of amides is 1. The van der Waals surface area contributed by atoms with Gasteiger partial charge in [0.2, 0.25) is 5.91 Å². The van der Waals surface area contributed by atoms with E-state index in [0.29, 0.717) is 29.5 Å². The lowest BCUT2D eigenvalue weighted by molar-refractivity contribution is -0.904. The van der Waals surface area contributed by atoms with Gasteiger partial charge in [-0.05, 0) is 56.9 Å². The zero-order chi connectivity index (χ0) is 18.5. The average molecular weight is 380 g/mol. The lowest BCUT2D eigenvalue weighted by Gasteiger charge is -2.23. The monoisotopic (exact) mass is 379 g/mol. The number of hydrogen-bond acceptors (Lipinski definition) is 4. The molecule has 26 heavy (non-hydrogen) atoms. The summed E-state index contributed by atoms with van der Waals surface area (Å²) in [4.78, 5) is 27.8. The van der Waals surface area contributed by atoms with Crippen molar-refractivity contribution in [1.29, 1.82) is 0 Å². The molecule has 1 amide bonds. The van der Waals surface area contributed by atoms with E-state index in [9.17, 15) is 9.59 Å². The van der Waals surface area contributed by atoms with E-state index in [4.69, 9.17) is 4.74 Å². The van der Waals surface area contributed by atoms with Crippen LogP contribution in [0.25, 0.3) is 0 Å². The highest BCUT2D eigenvalue weighted by molar-refractivity contribution is 7.17. The lowest BCUT2D eigenvalue weighted by Crippen LogP contribution is -3.12. The minimum atomic E-state index is -0.295. The Kier molecular flexibility index (Phi) is 6.70. The molecule has 0 aromatic carbocycles. The van der Waals surface area contributed by atoms with E-state index in [1.54, 1.807) is 11.3 Å². The van der Waals surface area contributed by atoms with E-state index in [-0.39, 0.29) is 11.9 Å². The number of esters is 1. The van der Waals surface area contributed by atoms with Crippen molar-refractivity contribution in [2.24, 2.45) is 5.92 Å². The van der Waals surface area contributed by atoms with Crippen LogP contribution in [-0.4, -0.2) is 38.1 Å². The first kappa shape index (κ1) is 19.4. The first-order valence-electron chi connectivity index (χ1n) is 10.0. The summed E-state index contributed by atoms with van der Waals surface area (Å²) in [6.45, 7) is 7.64. The molecule has 2 heterocycles. The topological polar surface area (TPSA) is 59.8 Å². The fraction of sp³-hybridized carbons (Fsp3) is 0.700. The summed E-state index contributed by atoms with van der Waals surface area (Å²) in [5.74, 6) is 0.347. The van der Waals surface area contributed by atoms with Crippen molar-refractivity contribution < 1.29 is 19.2 Å². The maximum Gasteiger partial charge on any atom is 0.341 e. The quantitative estimate of drug-likeness (QED) is 0.747. The molecule has 1 aromatic rings. The predicted octanol–water partition coefficient (Wildman–Crippen LogP) is 2.45. The smallest absolute Gasteiger partial charge is 0.341 e. The molecule has 0 unspecified atom stereocenters. The lowest BCUT2D eigenvalue weighted by atomic mass is 9.88. The van der Waals surface area contributed by atoms with Gasteiger partial charge < -0.3 is 15.0 Å². The Morgan fingerprint density at radius 3 is 2.77 bits per heavy atom. The van der Waals surface area contributed by atoms with Crippen LogP contribution in [-0.2, 0) is 22.4 Å². The number of fused-ring (bicyclic) bond motifs is 1. The van der Waals surface area contributed by atoms with Crippen LogP contribution in [0.3, 0.4) is 0 Å². The number of likely N-dealkylation sites (tertiary alicyclic amines) is 1. The number of ether oxygens (including phenoxy) is 1. The molecule has 0 spiro atoms. The summed E-state index contributed by atoms with van der Waals surface area (Å²) >= 11 is 1.57. The maximum atomic E-state index is 12.5. The van der Waals surface area contributed by atoms with E-state index in [1.165, 1.54) is 42.1 Å². The summed E-state index contributed by atoms with van der Waals surface area (Å²) < 4.78 is 5.27. The Bertz CT molecular complexity index is 650. The molecule has 1 aliphatic carbocycles. The van der Waals surface area contributed by atoms with Crippen LogP contribution >= 0.6 is 11.3 Å². The Balaban J connectivity index is 1.69. The first-order valence-corrected chi connectivity index (χ1v) is 10.8. The molecule has 144 valence electrons. The second-order valence-corrected chi connectivity index (χ2v) is 8.74.